The molecule has 7 rings (SSSR count). The SMILES string of the molecule is CCO[C@@H](C1CCC2C(CC3C4CCC5C(C)(C)[C@@H](OC6CN(C(=O)OC(C)(C)C)CCO6)CCC56C[C@@]46CCC23C)O1)C(C)(C)O. The van der Waals surface area contributed by atoms with Crippen molar-refractivity contribution in [3.05, 3.63) is 0 Å². The highest BCUT2D eigenvalue weighted by Gasteiger charge is 2.80. The van der Waals surface area contributed by atoms with E-state index in [1.807, 2.05) is 41.5 Å². The Hall–Kier alpha value is -0.930. The van der Waals surface area contributed by atoms with Crippen LogP contribution in [0, 0.1) is 45.3 Å². The molecular formula is C39H65NO7. The smallest absolute Gasteiger partial charge is 0.410 e. The highest BCUT2D eigenvalue weighted by Crippen LogP contribution is 2.87. The van der Waals surface area contributed by atoms with E-state index in [4.69, 9.17) is 23.7 Å². The van der Waals surface area contributed by atoms with Crippen molar-refractivity contribution in [2.75, 3.05) is 26.3 Å². The van der Waals surface area contributed by atoms with Gasteiger partial charge in [-0.2, -0.15) is 0 Å². The lowest BCUT2D eigenvalue weighted by Gasteiger charge is -2.60. The van der Waals surface area contributed by atoms with E-state index in [1.54, 1.807) is 4.90 Å². The molecule has 7 aliphatic rings. The van der Waals surface area contributed by atoms with Crippen molar-refractivity contribution in [1.29, 1.82) is 0 Å². The molecule has 0 aromatic rings. The second-order valence-electron chi connectivity index (χ2n) is 19.2. The standard InChI is InChI=1S/C39H65NO7/c1-10-43-32(36(7,8)42)27-13-11-25-28(45-27)21-26-24-12-14-29-35(5,6)30(15-16-39(29)23-38(24,39)18-17-37(25,26)9)46-31-22-40(19-20-44-31)33(41)47-34(2,3)4/h24-32,42H,10-23H2,1-9H3/t24?,25?,26?,27?,28?,29?,30-,31?,32-,37?,38-,39?/m0/s1. The lowest BCUT2D eigenvalue weighted by molar-refractivity contribution is -0.243. The van der Waals surface area contributed by atoms with Crippen LogP contribution in [0.2, 0.25) is 0 Å². The molecule has 47 heavy (non-hydrogen) atoms. The molecule has 8 nitrogen and oxygen atoms in total. The van der Waals surface area contributed by atoms with E-state index in [0.29, 0.717) is 54.4 Å². The molecule has 8 heteroatoms. The van der Waals surface area contributed by atoms with E-state index >= 15 is 0 Å². The van der Waals surface area contributed by atoms with Crippen LogP contribution in [0.3, 0.4) is 0 Å². The summed E-state index contributed by atoms with van der Waals surface area (Å²) in [5.41, 5.74) is -0.110. The molecule has 1 amide bonds. The largest absolute Gasteiger partial charge is 0.444 e. The van der Waals surface area contributed by atoms with Crippen molar-refractivity contribution in [2.24, 2.45) is 45.3 Å². The molecule has 2 aliphatic heterocycles. The number of fused-ring (bicyclic) bond motifs is 4. The van der Waals surface area contributed by atoms with E-state index in [1.165, 1.54) is 51.4 Å². The maximum atomic E-state index is 12.8. The van der Waals surface area contributed by atoms with Gasteiger partial charge in [0.2, 0.25) is 0 Å². The zero-order valence-corrected chi connectivity index (χ0v) is 30.9. The Kier molecular flexibility index (Phi) is 8.48. The first kappa shape index (κ1) is 34.5. The first-order valence-corrected chi connectivity index (χ1v) is 19.2. The lowest BCUT2D eigenvalue weighted by atomic mass is 9.46. The fraction of sp³-hybridized carbons (Fsp3) is 0.974. The minimum absolute atomic E-state index is 0.0302. The predicted molar refractivity (Wildman–Crippen MR) is 180 cm³/mol. The van der Waals surface area contributed by atoms with Gasteiger partial charge in [0.25, 0.3) is 0 Å². The first-order chi connectivity index (χ1) is 22.0. The van der Waals surface area contributed by atoms with E-state index < -0.39 is 17.5 Å². The van der Waals surface area contributed by atoms with Gasteiger partial charge in [-0.1, -0.05) is 20.8 Å². The van der Waals surface area contributed by atoms with Crippen molar-refractivity contribution in [3.8, 4) is 0 Å². The number of amides is 1. The molecule has 2 heterocycles. The lowest BCUT2D eigenvalue weighted by Crippen LogP contribution is -2.56. The van der Waals surface area contributed by atoms with E-state index in [0.717, 1.165) is 24.7 Å². The Morgan fingerprint density at radius 3 is 2.40 bits per heavy atom. The average molecular weight is 660 g/mol. The van der Waals surface area contributed by atoms with E-state index in [2.05, 4.69) is 20.8 Å². The Bertz CT molecular complexity index is 1190. The monoisotopic (exact) mass is 659 g/mol. The maximum absolute atomic E-state index is 12.8. The normalized spacial score (nSPS) is 46.3. The van der Waals surface area contributed by atoms with Crippen LogP contribution in [0.15, 0.2) is 0 Å². The average Bonchev–Trinajstić information content (AvgIpc) is 3.56. The molecule has 2 spiro atoms. The Morgan fingerprint density at radius 1 is 0.957 bits per heavy atom. The van der Waals surface area contributed by atoms with Crippen LogP contribution in [0.4, 0.5) is 4.79 Å². The van der Waals surface area contributed by atoms with Crippen LogP contribution in [-0.2, 0) is 23.7 Å². The van der Waals surface area contributed by atoms with Gasteiger partial charge in [0, 0.05) is 13.2 Å². The van der Waals surface area contributed by atoms with Gasteiger partial charge in [-0.25, -0.2) is 4.79 Å². The van der Waals surface area contributed by atoms with Crippen LogP contribution in [-0.4, -0.2) is 84.3 Å². The van der Waals surface area contributed by atoms with Crippen LogP contribution in [0.1, 0.15) is 127 Å². The Balaban J connectivity index is 1.03. The Labute approximate surface area is 284 Å². The van der Waals surface area contributed by atoms with Crippen molar-refractivity contribution in [1.82, 2.24) is 4.90 Å². The summed E-state index contributed by atoms with van der Waals surface area (Å²) in [7, 11) is 0. The minimum Gasteiger partial charge on any atom is -0.444 e. The number of rotatable bonds is 6. The van der Waals surface area contributed by atoms with Gasteiger partial charge in [-0.15, -0.1) is 0 Å². The third-order valence-corrected chi connectivity index (χ3v) is 14.9. The maximum Gasteiger partial charge on any atom is 0.410 e. The number of morpholine rings is 1. The van der Waals surface area contributed by atoms with Crippen LogP contribution in [0.25, 0.3) is 0 Å². The summed E-state index contributed by atoms with van der Waals surface area (Å²) in [6, 6.07) is 0. The molecule has 5 saturated carbocycles. The summed E-state index contributed by atoms with van der Waals surface area (Å²) in [6.07, 6.45) is 11.8. The number of hydrogen-bond donors (Lipinski definition) is 1. The molecule has 12 atom stereocenters. The Morgan fingerprint density at radius 2 is 1.70 bits per heavy atom. The van der Waals surface area contributed by atoms with Gasteiger partial charge in [0.1, 0.15) is 11.7 Å². The summed E-state index contributed by atoms with van der Waals surface area (Å²) < 4.78 is 31.6. The van der Waals surface area contributed by atoms with Gasteiger partial charge in [-0.05, 0) is 151 Å². The number of aliphatic hydroxyl groups is 1. The second kappa shape index (κ2) is 11.5. The summed E-state index contributed by atoms with van der Waals surface area (Å²) in [5.74, 6) is 2.79. The highest BCUT2D eigenvalue weighted by atomic mass is 16.7. The molecular weight excluding hydrogens is 594 g/mol. The molecule has 0 bridgehead atoms. The van der Waals surface area contributed by atoms with E-state index in [-0.39, 0.29) is 35.9 Å². The van der Waals surface area contributed by atoms with Crippen molar-refractivity contribution in [2.45, 2.75) is 168 Å². The van der Waals surface area contributed by atoms with Crippen molar-refractivity contribution in [3.63, 3.8) is 0 Å². The number of carbonyl (C=O) groups is 1. The minimum atomic E-state index is -0.915. The van der Waals surface area contributed by atoms with E-state index in [9.17, 15) is 9.90 Å². The summed E-state index contributed by atoms with van der Waals surface area (Å²) in [5, 5.41) is 10.9. The zero-order valence-electron chi connectivity index (χ0n) is 30.9. The van der Waals surface area contributed by atoms with Crippen molar-refractivity contribution >= 4 is 6.09 Å². The van der Waals surface area contributed by atoms with Gasteiger partial charge >= 0.3 is 6.09 Å². The third kappa shape index (κ3) is 5.52. The summed E-state index contributed by atoms with van der Waals surface area (Å²) in [6.45, 7) is 21.1. The number of ether oxygens (including phenoxy) is 5. The predicted octanol–water partition coefficient (Wildman–Crippen LogP) is 7.35. The van der Waals surface area contributed by atoms with Crippen LogP contribution < -0.4 is 0 Å². The second-order valence-corrected chi connectivity index (χ2v) is 19.2. The molecule has 1 N–H and O–H groups in total. The van der Waals surface area contributed by atoms with Gasteiger partial charge in [0.05, 0.1) is 37.1 Å². The molecule has 7 fully saturated rings. The van der Waals surface area contributed by atoms with Gasteiger partial charge < -0.3 is 33.7 Å². The molecule has 5 aliphatic carbocycles. The zero-order chi connectivity index (χ0) is 33.8. The fourth-order valence-corrected chi connectivity index (χ4v) is 13.0. The highest BCUT2D eigenvalue weighted by molar-refractivity contribution is 5.68. The van der Waals surface area contributed by atoms with Crippen LogP contribution in [0.5, 0.6) is 0 Å². The summed E-state index contributed by atoms with van der Waals surface area (Å²) in [4.78, 5) is 14.6. The molecule has 0 aromatic carbocycles. The number of nitrogens with zero attached hydrogens (tertiary/aromatic N) is 1. The molecule has 9 unspecified atom stereocenters. The molecule has 0 radical (unpaired) electrons. The van der Waals surface area contributed by atoms with Crippen molar-refractivity contribution < 1.29 is 33.6 Å². The molecule has 2 saturated heterocycles. The number of hydrogen-bond acceptors (Lipinski definition) is 7. The number of carbonyl (C=O) groups excluding carboxylic acids is 1. The third-order valence-electron chi connectivity index (χ3n) is 14.9. The van der Waals surface area contributed by atoms with Gasteiger partial charge in [0.15, 0.2) is 6.29 Å². The van der Waals surface area contributed by atoms with Crippen LogP contribution >= 0.6 is 0 Å². The summed E-state index contributed by atoms with van der Waals surface area (Å²) >= 11 is 0. The first-order valence-electron chi connectivity index (χ1n) is 19.2. The molecule has 0 aromatic heterocycles. The fourth-order valence-electron chi connectivity index (χ4n) is 13.0. The topological polar surface area (TPSA) is 86.7 Å². The quantitative estimate of drug-likeness (QED) is 0.319. The molecule has 268 valence electrons. The van der Waals surface area contributed by atoms with Gasteiger partial charge in [-0.3, -0.25) is 0 Å².